The van der Waals surface area contributed by atoms with Crippen LogP contribution in [0.1, 0.15) is 163 Å². The van der Waals surface area contributed by atoms with Gasteiger partial charge < -0.3 is 36.3 Å². The first kappa shape index (κ1) is 86.2. The number of amides is 5. The maximum absolute atomic E-state index is 14.0. The summed E-state index contributed by atoms with van der Waals surface area (Å²) < 4.78 is 89.6. The zero-order chi connectivity index (χ0) is 75.4. The number of aromatic nitrogens is 2. The molecule has 8 N–H and O–H groups in total. The highest BCUT2D eigenvalue weighted by Crippen LogP contribution is 2.36. The van der Waals surface area contributed by atoms with Crippen LogP contribution in [0.25, 0.3) is 34.0 Å². The summed E-state index contributed by atoms with van der Waals surface area (Å²) in [5.74, 6) is -6.21. The van der Waals surface area contributed by atoms with E-state index >= 15 is 0 Å². The van der Waals surface area contributed by atoms with E-state index in [4.69, 9.17) is 50.0 Å². The largest absolute Gasteiger partial charge is 0.480 e. The molecule has 558 valence electrons. The van der Waals surface area contributed by atoms with Gasteiger partial charge in [0.15, 0.2) is 6.04 Å². The molecule has 2 aliphatic rings. The highest BCUT2D eigenvalue weighted by atomic mass is 35.6. The molecule has 5 amide bonds. The molecule has 22 nitrogen and oxygen atoms in total. The number of halogens is 10. The molecule has 32 heteroatoms. The van der Waals surface area contributed by atoms with Crippen LogP contribution in [0, 0.1) is 34.5 Å². The zero-order valence-corrected chi connectivity index (χ0v) is 61.4. The van der Waals surface area contributed by atoms with Gasteiger partial charge in [-0.25, -0.2) is 15.6 Å². The highest BCUT2D eigenvalue weighted by molar-refractivity contribution is 6.67. The number of benzene rings is 2. The Morgan fingerprint density at radius 1 is 0.624 bits per heavy atom. The van der Waals surface area contributed by atoms with Crippen molar-refractivity contribution in [1.82, 2.24) is 46.8 Å². The van der Waals surface area contributed by atoms with E-state index in [0.717, 1.165) is 0 Å². The van der Waals surface area contributed by atoms with Crippen molar-refractivity contribution in [3.8, 4) is 0 Å². The van der Waals surface area contributed by atoms with Gasteiger partial charge in [-0.2, -0.15) is 26.3 Å². The van der Waals surface area contributed by atoms with Crippen LogP contribution in [-0.2, 0) is 47.8 Å². The minimum Gasteiger partial charge on any atom is -0.480 e. The predicted molar refractivity (Wildman–Crippen MR) is 373 cm³/mol. The summed E-state index contributed by atoms with van der Waals surface area (Å²) >= 11 is 17.0. The van der Waals surface area contributed by atoms with Crippen molar-refractivity contribution < 1.29 is 84.1 Å². The van der Waals surface area contributed by atoms with Gasteiger partial charge in [0.25, 0.3) is 11.8 Å². The quantitative estimate of drug-likeness (QED) is 0.0195. The van der Waals surface area contributed by atoms with Gasteiger partial charge in [-0.1, -0.05) is 123 Å². The van der Waals surface area contributed by atoms with Crippen LogP contribution >= 0.6 is 47.2 Å². The molecular weight excluding hydrogens is 1420 g/mol. The van der Waals surface area contributed by atoms with Gasteiger partial charge in [-0.15, -0.1) is 12.4 Å². The second kappa shape index (κ2) is 35.8. The average Bonchev–Trinajstić information content (AvgIpc) is 0.457. The molecule has 0 unspecified atom stereocenters. The number of nitrogens with zero attached hydrogens (tertiary/aromatic N) is 4. The monoisotopic (exact) mass is 1500 g/mol. The van der Waals surface area contributed by atoms with Crippen LogP contribution < -0.4 is 32.5 Å². The van der Waals surface area contributed by atoms with Crippen LogP contribution in [0.5, 0.6) is 0 Å². The van der Waals surface area contributed by atoms with E-state index in [-0.39, 0.29) is 66.4 Å². The summed E-state index contributed by atoms with van der Waals surface area (Å²) in [6.45, 7) is 21.7. The fourth-order valence-electron chi connectivity index (χ4n) is 10.5. The number of carbonyl (C=O) groups excluding carboxylic acids is 8. The number of Topliss-reactive ketones (excluding diaryl/α,β-unsaturated/α-hetero) is 2. The lowest BCUT2D eigenvalue weighted by Gasteiger charge is -2.34. The van der Waals surface area contributed by atoms with Gasteiger partial charge in [-0.3, -0.25) is 58.3 Å². The summed E-state index contributed by atoms with van der Waals surface area (Å²) in [7, 11) is 0. The first-order valence-corrected chi connectivity index (χ1v) is 33.6. The van der Waals surface area contributed by atoms with Crippen LogP contribution in [0.2, 0.25) is 0 Å². The summed E-state index contributed by atoms with van der Waals surface area (Å²) in [5, 5.41) is 20.1. The number of esters is 1. The lowest BCUT2D eigenvalue weighted by Crippen LogP contribution is -2.60. The SMILES string of the molecule is CC(C)[C@H](CC(=O)C(C)(C)/C=C/c1ccc2ccc([C@H](N)C(F)(F)F)nc2c1)C(=O)N[C@@H](C)C(=O)N1CCC[C@@H](C(=O)O)N1.CC(C)[C@H](CC(=O)C(C)(C)/C=C/c1ccc2ccc([C@H](NC(=O)OC(C)(C)C)C(F)(F)F)nc2c1)C(=O)N[C@@H](C)C(=O)N1CCC[C@@H](C(=O)OCC(Cl)(Cl)Cl)N1.Cl. The Balaban J connectivity index is 0.000000436. The maximum atomic E-state index is 14.0. The molecule has 2 aromatic heterocycles. The number of carboxylic acids is 1. The fourth-order valence-corrected chi connectivity index (χ4v) is 10.6. The fraction of sp³-hybridized carbons (Fsp3) is 0.551. The number of alkyl halides is 9. The lowest BCUT2D eigenvalue weighted by atomic mass is 9.79. The molecule has 101 heavy (non-hydrogen) atoms. The lowest BCUT2D eigenvalue weighted by molar-refractivity contribution is -0.158. The second-order valence-corrected chi connectivity index (χ2v) is 30.2. The maximum Gasteiger partial charge on any atom is 0.414 e. The number of alkyl carbamates (subject to hydrolysis) is 1. The Hall–Kier alpha value is -7.21. The summed E-state index contributed by atoms with van der Waals surface area (Å²) in [4.78, 5) is 124. The Bertz CT molecular complexity index is 3690. The third kappa shape index (κ3) is 25.9. The molecule has 2 aliphatic heterocycles. The third-order valence-electron chi connectivity index (χ3n) is 16.7. The molecule has 8 atom stereocenters. The van der Waals surface area contributed by atoms with E-state index in [1.54, 1.807) is 116 Å². The van der Waals surface area contributed by atoms with E-state index in [1.807, 2.05) is 5.32 Å². The van der Waals surface area contributed by atoms with E-state index < -0.39 is 135 Å². The molecule has 4 aromatic rings. The number of rotatable bonds is 24. The normalized spacial score (nSPS) is 17.6. The molecular formula is C69H90Cl4F6N10O12. The molecule has 2 saturated heterocycles. The number of aliphatic carboxylic acids is 1. The number of ketones is 2. The predicted octanol–water partition coefficient (Wildman–Crippen LogP) is 12.1. The number of hydrogen-bond donors (Lipinski definition) is 7. The van der Waals surface area contributed by atoms with Crippen molar-refractivity contribution in [2.45, 2.75) is 187 Å². The van der Waals surface area contributed by atoms with Gasteiger partial charge in [0, 0.05) is 59.4 Å². The van der Waals surface area contributed by atoms with Gasteiger partial charge in [0.2, 0.25) is 15.6 Å². The van der Waals surface area contributed by atoms with E-state index in [1.165, 1.54) is 68.9 Å². The molecule has 2 aromatic carbocycles. The Morgan fingerprint density at radius 3 is 1.43 bits per heavy atom. The van der Waals surface area contributed by atoms with Crippen molar-refractivity contribution in [3.63, 3.8) is 0 Å². The molecule has 0 bridgehead atoms. The molecule has 4 heterocycles. The van der Waals surface area contributed by atoms with Crippen molar-refractivity contribution in [3.05, 3.63) is 95.3 Å². The number of hydrogen-bond acceptors (Lipinski definition) is 16. The molecule has 2 fully saturated rings. The van der Waals surface area contributed by atoms with Crippen molar-refractivity contribution >= 4 is 134 Å². The summed E-state index contributed by atoms with van der Waals surface area (Å²) in [6, 6.07) is 7.11. The van der Waals surface area contributed by atoms with Crippen molar-refractivity contribution in [2.75, 3.05) is 19.7 Å². The van der Waals surface area contributed by atoms with Gasteiger partial charge >= 0.3 is 30.4 Å². The van der Waals surface area contributed by atoms with E-state index in [0.29, 0.717) is 59.6 Å². The minimum absolute atomic E-state index is 0. The van der Waals surface area contributed by atoms with Crippen LogP contribution in [0.15, 0.2) is 72.8 Å². The minimum atomic E-state index is -4.86. The molecule has 6 rings (SSSR count). The van der Waals surface area contributed by atoms with Crippen molar-refractivity contribution in [1.29, 1.82) is 0 Å². The number of nitrogens with two attached hydrogens (primary N) is 1. The molecule has 0 aliphatic carbocycles. The second-order valence-electron chi connectivity index (χ2n) is 27.7. The summed E-state index contributed by atoms with van der Waals surface area (Å²) in [5.41, 5.74) is 8.70. The first-order chi connectivity index (χ1) is 46.1. The number of ether oxygens (including phenoxy) is 2. The topological polar surface area (TPSA) is 311 Å². The Morgan fingerprint density at radius 2 is 1.03 bits per heavy atom. The van der Waals surface area contributed by atoms with Gasteiger partial charge in [0.1, 0.15) is 54.0 Å². The van der Waals surface area contributed by atoms with Gasteiger partial charge in [-0.05, 0) is 135 Å². The number of pyridine rings is 2. The smallest absolute Gasteiger partial charge is 0.414 e. The first-order valence-electron chi connectivity index (χ1n) is 32.4. The number of carbonyl (C=O) groups is 9. The third-order valence-corrected chi connectivity index (χ3v) is 17.0. The molecule has 0 radical (unpaired) electrons. The highest BCUT2D eigenvalue weighted by Gasteiger charge is 2.45. The number of allylic oxidation sites excluding steroid dienone is 2. The molecule has 0 saturated carbocycles. The number of fused-ring (bicyclic) bond motifs is 2. The van der Waals surface area contributed by atoms with Crippen LogP contribution in [0.3, 0.4) is 0 Å². The average molecular weight is 1510 g/mol. The van der Waals surface area contributed by atoms with Crippen molar-refractivity contribution in [2.24, 2.45) is 40.2 Å². The number of hydrazine groups is 2. The number of nitrogens with one attached hydrogen (secondary N) is 5. The zero-order valence-electron chi connectivity index (χ0n) is 58.3. The summed E-state index contributed by atoms with van der Waals surface area (Å²) in [6.07, 6.45) is -2.60. The van der Waals surface area contributed by atoms with Crippen LogP contribution in [-0.4, -0.2) is 144 Å². The van der Waals surface area contributed by atoms with Crippen LogP contribution in [0.4, 0.5) is 31.1 Å². The number of carboxylic acid groups (broad SMARTS) is 1. The van der Waals surface area contributed by atoms with E-state index in [2.05, 4.69) is 31.5 Å². The Kier molecular flexibility index (Phi) is 30.5. The van der Waals surface area contributed by atoms with Gasteiger partial charge in [0.05, 0.1) is 22.4 Å². The standard InChI is InChI=1S/C38H49Cl3F3N5O7.C31H40F3N5O5.ClH/c1-21(2)25(31(51)45-22(3)32(52)49-17-9-10-27(48-49)33(53)55-20-37(39,40)41)19-29(50)36(7,8)16-15-23-11-12-24-13-14-26(46-28(24)18-23)30(38(42,43)44)47-34(54)56-35(4,5)6;1-17(2)21(27(41)36-18(3)28(42)39-14-6-7-23(38-39)29(43)44)16-25(40)30(4,5)13-12-19-8-9-20-10-11-22(37-24(20)15-19)26(35)31(32,33)34;/h11-16,18,21-22,25,27,30,48H,9-10,17,19-20H2,1-8H3,(H,45,51)(H,47,54);8-13,15,17-18,21,23,26,38H,6-7,14,16,35H2,1-5H3,(H,36,41)(H,43,44);1H/b16-15+;13-12+;/t22-,25-,27-,30-;18-,21-,23-,26-;/m00./s1. The Labute approximate surface area is 604 Å². The molecule has 0 spiro atoms. The van der Waals surface area contributed by atoms with E-state index in [9.17, 15) is 74.6 Å².